The van der Waals surface area contributed by atoms with Crippen LogP contribution in [0.1, 0.15) is 32.3 Å². The zero-order valence-electron chi connectivity index (χ0n) is 10.9. The summed E-state index contributed by atoms with van der Waals surface area (Å²) >= 11 is 1.83. The summed E-state index contributed by atoms with van der Waals surface area (Å²) in [5.74, 6) is 1.93. The largest absolute Gasteiger partial charge is 0.380 e. The average Bonchev–Trinajstić information content (AvgIpc) is 2.36. The quantitative estimate of drug-likeness (QED) is 0.439. The van der Waals surface area contributed by atoms with E-state index in [1.54, 1.807) is 12.1 Å². The van der Waals surface area contributed by atoms with Gasteiger partial charge in [0.15, 0.2) is 0 Å². The smallest absolute Gasteiger partial charge is 0.292 e. The van der Waals surface area contributed by atoms with Crippen molar-refractivity contribution in [2.24, 2.45) is 0 Å². The van der Waals surface area contributed by atoms with Crippen LogP contribution >= 0.6 is 11.8 Å². The number of para-hydroxylation sites is 1. The van der Waals surface area contributed by atoms with E-state index in [4.69, 9.17) is 0 Å². The third-order valence-electron chi connectivity index (χ3n) is 2.58. The minimum absolute atomic E-state index is 0.172. The van der Waals surface area contributed by atoms with E-state index in [-0.39, 0.29) is 10.6 Å². The monoisotopic (exact) mass is 268 g/mol. The Bertz CT molecular complexity index is 397. The van der Waals surface area contributed by atoms with Gasteiger partial charge in [0, 0.05) is 18.4 Å². The maximum Gasteiger partial charge on any atom is 0.292 e. The molecule has 0 aliphatic rings. The van der Waals surface area contributed by atoms with E-state index < -0.39 is 0 Å². The van der Waals surface area contributed by atoms with Gasteiger partial charge in [0.1, 0.15) is 5.69 Å². The first-order valence-corrected chi connectivity index (χ1v) is 7.44. The summed E-state index contributed by atoms with van der Waals surface area (Å²) in [5, 5.41) is 14.1. The Hall–Kier alpha value is -1.23. The number of nitro groups is 1. The van der Waals surface area contributed by atoms with Crippen LogP contribution < -0.4 is 5.32 Å². The molecule has 0 atom stereocenters. The average molecular weight is 268 g/mol. The third kappa shape index (κ3) is 4.22. The molecule has 1 rings (SSSR count). The molecule has 1 N–H and O–H groups in total. The number of unbranched alkanes of at least 4 members (excludes halogenated alkanes) is 1. The summed E-state index contributed by atoms with van der Waals surface area (Å²) < 4.78 is 0. The number of nitro benzene ring substituents is 1. The Balaban J connectivity index is 2.81. The van der Waals surface area contributed by atoms with Crippen LogP contribution in [-0.2, 0) is 5.75 Å². The SMILES string of the molecule is CCCCSCc1cccc([N+](=O)[O-])c1NCC. The normalized spacial score (nSPS) is 10.3. The summed E-state index contributed by atoms with van der Waals surface area (Å²) in [7, 11) is 0. The third-order valence-corrected chi connectivity index (χ3v) is 3.67. The summed E-state index contributed by atoms with van der Waals surface area (Å²) in [6.45, 7) is 4.81. The minimum atomic E-state index is -0.321. The van der Waals surface area contributed by atoms with Crippen molar-refractivity contribution in [3.8, 4) is 0 Å². The van der Waals surface area contributed by atoms with Crippen molar-refractivity contribution in [2.45, 2.75) is 32.4 Å². The van der Waals surface area contributed by atoms with E-state index in [9.17, 15) is 10.1 Å². The molecule has 1 aromatic carbocycles. The van der Waals surface area contributed by atoms with Crippen LogP contribution in [0.3, 0.4) is 0 Å². The molecule has 5 heteroatoms. The van der Waals surface area contributed by atoms with Crippen LogP contribution in [0.4, 0.5) is 11.4 Å². The summed E-state index contributed by atoms with van der Waals surface area (Å²) in [4.78, 5) is 10.7. The van der Waals surface area contributed by atoms with Gasteiger partial charge in [0.05, 0.1) is 4.92 Å². The van der Waals surface area contributed by atoms with Crippen molar-refractivity contribution in [3.63, 3.8) is 0 Å². The number of thioether (sulfide) groups is 1. The number of benzene rings is 1. The molecular weight excluding hydrogens is 248 g/mol. The molecule has 0 fully saturated rings. The molecule has 0 radical (unpaired) electrons. The van der Waals surface area contributed by atoms with Gasteiger partial charge in [0.25, 0.3) is 5.69 Å². The number of nitrogens with one attached hydrogen (secondary N) is 1. The predicted molar refractivity (Wildman–Crippen MR) is 78.3 cm³/mol. The molecule has 1 aromatic rings. The van der Waals surface area contributed by atoms with Crippen LogP contribution in [0.2, 0.25) is 0 Å². The molecule has 0 amide bonds. The molecule has 0 saturated heterocycles. The Morgan fingerprint density at radius 3 is 2.78 bits per heavy atom. The molecule has 0 heterocycles. The van der Waals surface area contributed by atoms with E-state index in [2.05, 4.69) is 12.2 Å². The van der Waals surface area contributed by atoms with E-state index >= 15 is 0 Å². The van der Waals surface area contributed by atoms with Crippen LogP contribution in [0.15, 0.2) is 18.2 Å². The molecule has 0 spiro atoms. The summed E-state index contributed by atoms with van der Waals surface area (Å²) in [6, 6.07) is 5.27. The van der Waals surface area contributed by atoms with E-state index in [1.807, 2.05) is 24.8 Å². The molecule has 0 aliphatic heterocycles. The number of rotatable bonds is 8. The lowest BCUT2D eigenvalue weighted by Gasteiger charge is -2.10. The molecular formula is C13H20N2O2S. The van der Waals surface area contributed by atoms with Crippen LogP contribution in [0.5, 0.6) is 0 Å². The molecule has 0 aliphatic carbocycles. The number of nitrogens with zero attached hydrogens (tertiary/aromatic N) is 1. The highest BCUT2D eigenvalue weighted by atomic mass is 32.2. The first-order valence-electron chi connectivity index (χ1n) is 6.28. The first-order chi connectivity index (χ1) is 8.70. The second-order valence-corrected chi connectivity index (χ2v) is 5.11. The number of anilines is 1. The molecule has 4 nitrogen and oxygen atoms in total. The van der Waals surface area contributed by atoms with Gasteiger partial charge in [-0.2, -0.15) is 11.8 Å². The Morgan fingerprint density at radius 1 is 1.39 bits per heavy atom. The zero-order chi connectivity index (χ0) is 13.4. The van der Waals surface area contributed by atoms with Crippen LogP contribution in [-0.4, -0.2) is 17.2 Å². The van der Waals surface area contributed by atoms with Crippen molar-refractivity contribution in [3.05, 3.63) is 33.9 Å². The van der Waals surface area contributed by atoms with Gasteiger partial charge in [-0.15, -0.1) is 0 Å². The molecule has 0 saturated carbocycles. The Kier molecular flexibility index (Phi) is 6.57. The van der Waals surface area contributed by atoms with Crippen molar-refractivity contribution >= 4 is 23.1 Å². The van der Waals surface area contributed by atoms with E-state index in [0.717, 1.165) is 17.1 Å². The van der Waals surface area contributed by atoms with E-state index in [0.29, 0.717) is 12.2 Å². The lowest BCUT2D eigenvalue weighted by Crippen LogP contribution is -2.04. The maximum atomic E-state index is 11.0. The van der Waals surface area contributed by atoms with Crippen molar-refractivity contribution in [2.75, 3.05) is 17.6 Å². The summed E-state index contributed by atoms with van der Waals surface area (Å²) in [6.07, 6.45) is 2.37. The van der Waals surface area contributed by atoms with Crippen molar-refractivity contribution in [1.29, 1.82) is 0 Å². The van der Waals surface area contributed by atoms with Gasteiger partial charge in [-0.1, -0.05) is 25.5 Å². The maximum absolute atomic E-state index is 11.0. The lowest BCUT2D eigenvalue weighted by atomic mass is 10.1. The fourth-order valence-electron chi connectivity index (χ4n) is 1.67. The summed E-state index contributed by atoms with van der Waals surface area (Å²) in [5.41, 5.74) is 1.87. The topological polar surface area (TPSA) is 55.2 Å². The van der Waals surface area contributed by atoms with Gasteiger partial charge in [-0.25, -0.2) is 0 Å². The molecule has 0 bridgehead atoms. The molecule has 0 aromatic heterocycles. The van der Waals surface area contributed by atoms with Crippen LogP contribution in [0.25, 0.3) is 0 Å². The Morgan fingerprint density at radius 2 is 2.17 bits per heavy atom. The van der Waals surface area contributed by atoms with Gasteiger partial charge >= 0.3 is 0 Å². The standard InChI is InChI=1S/C13H20N2O2S/c1-3-5-9-18-10-11-7-6-8-12(15(16)17)13(11)14-4-2/h6-8,14H,3-5,9-10H2,1-2H3. The molecule has 0 unspecified atom stereocenters. The predicted octanol–water partition coefficient (Wildman–Crippen LogP) is 4.06. The van der Waals surface area contributed by atoms with Crippen molar-refractivity contribution in [1.82, 2.24) is 0 Å². The van der Waals surface area contributed by atoms with Gasteiger partial charge < -0.3 is 5.32 Å². The fourth-order valence-corrected chi connectivity index (χ4v) is 2.77. The van der Waals surface area contributed by atoms with Gasteiger partial charge in [-0.3, -0.25) is 10.1 Å². The highest BCUT2D eigenvalue weighted by Crippen LogP contribution is 2.30. The fraction of sp³-hybridized carbons (Fsp3) is 0.538. The highest BCUT2D eigenvalue weighted by molar-refractivity contribution is 7.98. The van der Waals surface area contributed by atoms with Crippen LogP contribution in [0, 0.1) is 10.1 Å². The second-order valence-electron chi connectivity index (χ2n) is 4.00. The molecule has 18 heavy (non-hydrogen) atoms. The minimum Gasteiger partial charge on any atom is -0.380 e. The van der Waals surface area contributed by atoms with Gasteiger partial charge in [-0.05, 0) is 24.7 Å². The lowest BCUT2D eigenvalue weighted by molar-refractivity contribution is -0.384. The van der Waals surface area contributed by atoms with Gasteiger partial charge in [0.2, 0.25) is 0 Å². The molecule has 100 valence electrons. The van der Waals surface area contributed by atoms with Crippen molar-refractivity contribution < 1.29 is 4.92 Å². The van der Waals surface area contributed by atoms with E-state index in [1.165, 1.54) is 12.8 Å². The number of hydrogen-bond acceptors (Lipinski definition) is 4. The first kappa shape index (κ1) is 14.8. The Labute approximate surface area is 112 Å². The number of hydrogen-bond donors (Lipinski definition) is 1. The zero-order valence-corrected chi connectivity index (χ0v) is 11.8. The highest BCUT2D eigenvalue weighted by Gasteiger charge is 2.16. The second kappa shape index (κ2) is 7.97.